The highest BCUT2D eigenvalue weighted by atomic mass is 19.1. The van der Waals surface area contributed by atoms with Crippen LogP contribution in [0.25, 0.3) is 0 Å². The van der Waals surface area contributed by atoms with Crippen molar-refractivity contribution in [2.45, 2.75) is 41.2 Å². The molecule has 1 aromatic heterocycles. The van der Waals surface area contributed by atoms with Gasteiger partial charge in [-0.15, -0.1) is 0 Å². The molecule has 0 unspecified atom stereocenters. The molecule has 2 aromatic carbocycles. The van der Waals surface area contributed by atoms with E-state index in [9.17, 15) is 9.60 Å². The largest absolute Gasteiger partial charge is 0.410 e. The van der Waals surface area contributed by atoms with Crippen molar-refractivity contribution in [3.8, 4) is 0 Å². The van der Waals surface area contributed by atoms with Crippen LogP contribution >= 0.6 is 0 Å². The van der Waals surface area contributed by atoms with Crippen molar-refractivity contribution in [2.75, 3.05) is 6.67 Å². The van der Waals surface area contributed by atoms with Gasteiger partial charge >= 0.3 is 0 Å². The number of rotatable bonds is 4. The van der Waals surface area contributed by atoms with Crippen LogP contribution in [0.15, 0.2) is 77.0 Å². The average molecular weight is 425 g/mol. The van der Waals surface area contributed by atoms with Gasteiger partial charge in [0.25, 0.3) is 0 Å². The maximum Gasteiger partial charge on any atom is 0.128 e. The Morgan fingerprint density at radius 2 is 1.42 bits per heavy atom. The van der Waals surface area contributed by atoms with E-state index in [1.807, 2.05) is 31.5 Å². The Hall–Kier alpha value is -3.25. The molecule has 0 fully saturated rings. The SMILES string of the molecule is CC.CCn1cc(/C(=N/O)c2ccc(F)cc2)cc/c1=N/CN.Cc1ccc(C)cc1. The molecule has 0 aliphatic rings. The van der Waals surface area contributed by atoms with Gasteiger partial charge in [-0.25, -0.2) is 4.39 Å². The molecule has 0 spiro atoms. The van der Waals surface area contributed by atoms with Crippen LogP contribution in [0.4, 0.5) is 4.39 Å². The van der Waals surface area contributed by atoms with Gasteiger partial charge in [-0.3, -0.25) is 4.99 Å². The molecular weight excluding hydrogens is 391 g/mol. The fraction of sp³-hybridized carbons (Fsp3) is 0.280. The molecule has 3 N–H and O–H groups in total. The lowest BCUT2D eigenvalue weighted by Gasteiger charge is -2.09. The molecular formula is C25H33FN4O. The van der Waals surface area contributed by atoms with E-state index in [0.717, 1.165) is 5.49 Å². The summed E-state index contributed by atoms with van der Waals surface area (Å²) in [7, 11) is 0. The van der Waals surface area contributed by atoms with Crippen molar-refractivity contribution >= 4 is 5.71 Å². The van der Waals surface area contributed by atoms with Gasteiger partial charge in [-0.05, 0) is 57.2 Å². The van der Waals surface area contributed by atoms with E-state index < -0.39 is 0 Å². The van der Waals surface area contributed by atoms with E-state index in [1.165, 1.54) is 23.3 Å². The molecule has 166 valence electrons. The number of hydrogen-bond acceptors (Lipinski definition) is 4. The predicted octanol–water partition coefficient (Wildman–Crippen LogP) is 5.02. The van der Waals surface area contributed by atoms with Crippen molar-refractivity contribution < 1.29 is 9.60 Å². The van der Waals surface area contributed by atoms with E-state index in [2.05, 4.69) is 48.3 Å². The van der Waals surface area contributed by atoms with E-state index in [0.29, 0.717) is 23.4 Å². The van der Waals surface area contributed by atoms with Gasteiger partial charge in [-0.2, -0.15) is 0 Å². The number of hydrogen-bond donors (Lipinski definition) is 2. The maximum atomic E-state index is 13.0. The summed E-state index contributed by atoms with van der Waals surface area (Å²) < 4.78 is 14.9. The number of pyridine rings is 1. The highest BCUT2D eigenvalue weighted by Gasteiger charge is 2.09. The summed E-state index contributed by atoms with van der Waals surface area (Å²) in [4.78, 5) is 4.18. The lowest BCUT2D eigenvalue weighted by atomic mass is 10.0. The number of benzene rings is 2. The molecule has 0 aliphatic carbocycles. The van der Waals surface area contributed by atoms with Crippen LogP contribution in [0.2, 0.25) is 0 Å². The fourth-order valence-electron chi connectivity index (χ4n) is 2.69. The minimum Gasteiger partial charge on any atom is -0.410 e. The van der Waals surface area contributed by atoms with Crippen LogP contribution in [0.1, 0.15) is 43.0 Å². The third kappa shape index (κ3) is 8.18. The molecule has 5 nitrogen and oxygen atoms in total. The van der Waals surface area contributed by atoms with Gasteiger partial charge in [-0.1, -0.05) is 54.4 Å². The zero-order valence-electron chi connectivity index (χ0n) is 19.0. The van der Waals surface area contributed by atoms with Gasteiger partial charge < -0.3 is 15.5 Å². The molecule has 3 aromatic rings. The Morgan fingerprint density at radius 3 is 1.87 bits per heavy atom. The lowest BCUT2D eigenvalue weighted by Crippen LogP contribution is -2.22. The first kappa shape index (κ1) is 25.8. The summed E-state index contributed by atoms with van der Waals surface area (Å²) >= 11 is 0. The second-order valence-electron chi connectivity index (χ2n) is 6.51. The first-order chi connectivity index (χ1) is 15.0. The molecule has 0 bridgehead atoms. The summed E-state index contributed by atoms with van der Waals surface area (Å²) in [6.07, 6.45) is 1.83. The van der Waals surface area contributed by atoms with Crippen LogP contribution in [0, 0.1) is 19.7 Å². The standard InChI is InChI=1S/C15H17FN4O.C8H10.C2H6/c1-2-20-9-12(5-8-14(20)18-10-17)15(19-21)11-3-6-13(16)7-4-11;1-7-3-5-8(2)6-4-7;1-2/h3-9,21H,2,10,17H2,1H3;3-6H,1-2H3;1-2H3/b18-14-,19-15+;;. The second-order valence-corrected chi connectivity index (χ2v) is 6.51. The highest BCUT2D eigenvalue weighted by molar-refractivity contribution is 6.12. The fourth-order valence-corrected chi connectivity index (χ4v) is 2.69. The third-order valence-electron chi connectivity index (χ3n) is 4.30. The summed E-state index contributed by atoms with van der Waals surface area (Å²) in [5.41, 5.74) is 10.6. The van der Waals surface area contributed by atoms with E-state index in [4.69, 9.17) is 5.73 Å². The molecule has 1 heterocycles. The van der Waals surface area contributed by atoms with Crippen molar-refractivity contribution in [3.05, 3.63) is 100 Å². The number of nitrogens with two attached hydrogens (primary N) is 1. The molecule has 0 aliphatic heterocycles. The van der Waals surface area contributed by atoms with E-state index >= 15 is 0 Å². The van der Waals surface area contributed by atoms with E-state index in [-0.39, 0.29) is 12.5 Å². The van der Waals surface area contributed by atoms with Gasteiger partial charge in [0.1, 0.15) is 17.0 Å². The third-order valence-corrected chi connectivity index (χ3v) is 4.30. The highest BCUT2D eigenvalue weighted by Crippen LogP contribution is 2.11. The first-order valence-electron chi connectivity index (χ1n) is 10.4. The number of nitrogens with zero attached hydrogens (tertiary/aromatic N) is 3. The Balaban J connectivity index is 0.000000400. The monoisotopic (exact) mass is 424 g/mol. The minimum absolute atomic E-state index is 0.207. The quantitative estimate of drug-likeness (QED) is 0.350. The van der Waals surface area contributed by atoms with Crippen molar-refractivity contribution in [1.29, 1.82) is 0 Å². The summed E-state index contributed by atoms with van der Waals surface area (Å²) in [6, 6.07) is 17.9. The topological polar surface area (TPSA) is 75.9 Å². The van der Waals surface area contributed by atoms with Crippen LogP contribution < -0.4 is 11.2 Å². The Kier molecular flexibility index (Phi) is 11.5. The lowest BCUT2D eigenvalue weighted by molar-refractivity contribution is 0.319. The van der Waals surface area contributed by atoms with Gasteiger partial charge in [0.2, 0.25) is 0 Å². The van der Waals surface area contributed by atoms with Crippen molar-refractivity contribution in [3.63, 3.8) is 0 Å². The smallest absolute Gasteiger partial charge is 0.128 e. The van der Waals surface area contributed by atoms with Crippen molar-refractivity contribution in [2.24, 2.45) is 15.9 Å². The Morgan fingerprint density at radius 1 is 0.903 bits per heavy atom. The second kappa shape index (κ2) is 13.9. The number of aromatic nitrogens is 1. The summed E-state index contributed by atoms with van der Waals surface area (Å²) in [5, 5.41) is 12.6. The van der Waals surface area contributed by atoms with Crippen LogP contribution in [0.3, 0.4) is 0 Å². The molecule has 0 amide bonds. The molecule has 0 saturated heterocycles. The number of oxime groups is 1. The van der Waals surface area contributed by atoms with Gasteiger partial charge in [0, 0.05) is 23.9 Å². The van der Waals surface area contributed by atoms with Crippen LogP contribution in [0.5, 0.6) is 0 Å². The Bertz CT molecular complexity index is 986. The van der Waals surface area contributed by atoms with E-state index in [1.54, 1.807) is 24.3 Å². The van der Waals surface area contributed by atoms with Crippen LogP contribution in [-0.2, 0) is 6.54 Å². The molecule has 3 rings (SSSR count). The molecule has 0 radical (unpaired) electrons. The molecule has 31 heavy (non-hydrogen) atoms. The normalized spacial score (nSPS) is 11.2. The predicted molar refractivity (Wildman–Crippen MR) is 126 cm³/mol. The van der Waals surface area contributed by atoms with Gasteiger partial charge in [0.05, 0.1) is 6.67 Å². The molecule has 6 heteroatoms. The van der Waals surface area contributed by atoms with Crippen molar-refractivity contribution in [1.82, 2.24) is 4.57 Å². The average Bonchev–Trinajstić information content (AvgIpc) is 2.80. The van der Waals surface area contributed by atoms with Gasteiger partial charge in [0.15, 0.2) is 0 Å². The number of aryl methyl sites for hydroxylation is 3. The summed E-state index contributed by atoms with van der Waals surface area (Å²) in [6.45, 7) is 11.1. The Labute approximate surface area is 184 Å². The first-order valence-corrected chi connectivity index (χ1v) is 10.4. The number of halogens is 1. The summed E-state index contributed by atoms with van der Waals surface area (Å²) in [5.74, 6) is -0.336. The molecule has 0 saturated carbocycles. The minimum atomic E-state index is -0.336. The molecule has 0 atom stereocenters. The maximum absolute atomic E-state index is 13.0. The zero-order chi connectivity index (χ0) is 23.2. The van der Waals surface area contributed by atoms with Crippen LogP contribution in [-0.4, -0.2) is 22.2 Å². The zero-order valence-corrected chi connectivity index (χ0v) is 19.0.